The van der Waals surface area contributed by atoms with Crippen LogP contribution in [0, 0.1) is 6.92 Å². The van der Waals surface area contributed by atoms with Crippen LogP contribution in [-0.2, 0) is 10.0 Å². The molecule has 16 heavy (non-hydrogen) atoms. The molecule has 0 saturated carbocycles. The van der Waals surface area contributed by atoms with Gasteiger partial charge in [0.05, 0.1) is 0 Å². The first-order valence-corrected chi connectivity index (χ1v) is 7.53. The van der Waals surface area contributed by atoms with Gasteiger partial charge in [0, 0.05) is 18.0 Å². The fourth-order valence-corrected chi connectivity index (χ4v) is 3.65. The van der Waals surface area contributed by atoms with Crippen molar-refractivity contribution < 1.29 is 13.5 Å². The summed E-state index contributed by atoms with van der Waals surface area (Å²) in [6, 6.07) is 3.42. The van der Waals surface area contributed by atoms with Crippen LogP contribution in [0.25, 0.3) is 0 Å². The van der Waals surface area contributed by atoms with Gasteiger partial charge < -0.3 is 5.11 Å². The second kappa shape index (κ2) is 6.34. The number of sulfonamides is 1. The van der Waals surface area contributed by atoms with Crippen molar-refractivity contribution in [3.63, 3.8) is 0 Å². The van der Waals surface area contributed by atoms with E-state index in [4.69, 9.17) is 5.11 Å². The van der Waals surface area contributed by atoms with Crippen molar-refractivity contribution in [1.82, 2.24) is 4.72 Å². The number of hydrogen-bond acceptors (Lipinski definition) is 4. The van der Waals surface area contributed by atoms with Crippen LogP contribution in [0.15, 0.2) is 16.3 Å². The van der Waals surface area contributed by atoms with Crippen molar-refractivity contribution in [3.05, 3.63) is 17.0 Å². The van der Waals surface area contributed by atoms with E-state index in [1.165, 1.54) is 11.3 Å². The Hall–Kier alpha value is -0.430. The Bertz CT molecular complexity index is 411. The predicted octanol–water partition coefficient (Wildman–Crippen LogP) is 1.50. The highest BCUT2D eigenvalue weighted by atomic mass is 32.2. The maximum absolute atomic E-state index is 11.7. The lowest BCUT2D eigenvalue weighted by atomic mass is 10.2. The van der Waals surface area contributed by atoms with E-state index in [0.29, 0.717) is 10.8 Å². The number of thiophene rings is 1. The molecule has 0 saturated heterocycles. The smallest absolute Gasteiger partial charge is 0.250 e. The highest BCUT2D eigenvalue weighted by molar-refractivity contribution is 7.91. The first-order chi connectivity index (χ1) is 7.56. The fourth-order valence-electron chi connectivity index (χ4n) is 1.25. The Balaban J connectivity index is 2.41. The maximum Gasteiger partial charge on any atom is 0.250 e. The molecule has 0 aliphatic rings. The quantitative estimate of drug-likeness (QED) is 0.733. The van der Waals surface area contributed by atoms with Gasteiger partial charge >= 0.3 is 0 Å². The Morgan fingerprint density at radius 2 is 2.06 bits per heavy atom. The van der Waals surface area contributed by atoms with Crippen LogP contribution in [0.3, 0.4) is 0 Å². The van der Waals surface area contributed by atoms with E-state index in [0.717, 1.165) is 24.1 Å². The summed E-state index contributed by atoms with van der Waals surface area (Å²) in [6.45, 7) is 2.47. The standard InChI is InChI=1S/C10H17NO3S2/c1-9-5-6-10(15-9)16(13,14)11-7-3-2-4-8-12/h5-6,11-12H,2-4,7-8H2,1H3. The molecule has 0 aliphatic heterocycles. The molecule has 0 amide bonds. The monoisotopic (exact) mass is 263 g/mol. The number of rotatable bonds is 7. The summed E-state index contributed by atoms with van der Waals surface area (Å²) in [6.07, 6.45) is 2.31. The Morgan fingerprint density at radius 3 is 2.62 bits per heavy atom. The summed E-state index contributed by atoms with van der Waals surface area (Å²) in [4.78, 5) is 0.987. The molecule has 4 nitrogen and oxygen atoms in total. The zero-order chi connectivity index (χ0) is 12.0. The fraction of sp³-hybridized carbons (Fsp3) is 0.600. The molecule has 1 rings (SSSR count). The summed E-state index contributed by atoms with van der Waals surface area (Å²) in [7, 11) is -3.32. The van der Waals surface area contributed by atoms with Crippen LogP contribution in [0.1, 0.15) is 24.1 Å². The lowest BCUT2D eigenvalue weighted by Crippen LogP contribution is -2.24. The average Bonchev–Trinajstić information content (AvgIpc) is 2.65. The largest absolute Gasteiger partial charge is 0.396 e. The predicted molar refractivity (Wildman–Crippen MR) is 65.2 cm³/mol. The molecule has 92 valence electrons. The van der Waals surface area contributed by atoms with Gasteiger partial charge in [-0.1, -0.05) is 0 Å². The topological polar surface area (TPSA) is 66.4 Å². The molecule has 0 spiro atoms. The van der Waals surface area contributed by atoms with Crippen LogP contribution < -0.4 is 4.72 Å². The molecular formula is C10H17NO3S2. The van der Waals surface area contributed by atoms with Crippen LogP contribution in [0.4, 0.5) is 0 Å². The van der Waals surface area contributed by atoms with Gasteiger partial charge in [-0.15, -0.1) is 11.3 Å². The molecule has 1 heterocycles. The van der Waals surface area contributed by atoms with Gasteiger partial charge in [0.2, 0.25) is 10.0 Å². The van der Waals surface area contributed by atoms with Gasteiger partial charge in [0.1, 0.15) is 4.21 Å². The Kier molecular flexibility index (Phi) is 5.40. The SMILES string of the molecule is Cc1ccc(S(=O)(=O)NCCCCCO)s1. The first kappa shape index (κ1) is 13.6. The van der Waals surface area contributed by atoms with Crippen molar-refractivity contribution in [3.8, 4) is 0 Å². The molecule has 0 atom stereocenters. The summed E-state index contributed by atoms with van der Waals surface area (Å²) in [5, 5.41) is 8.57. The lowest BCUT2D eigenvalue weighted by Gasteiger charge is -2.03. The molecule has 0 bridgehead atoms. The minimum atomic E-state index is -3.32. The normalized spacial score (nSPS) is 11.9. The van der Waals surface area contributed by atoms with E-state index >= 15 is 0 Å². The second-order valence-corrected chi connectivity index (χ2v) is 6.83. The molecule has 1 aromatic heterocycles. The number of unbranched alkanes of at least 4 members (excludes halogenated alkanes) is 2. The van der Waals surface area contributed by atoms with Crippen LogP contribution in [0.2, 0.25) is 0 Å². The van der Waals surface area contributed by atoms with Gasteiger partial charge in [0.15, 0.2) is 0 Å². The van der Waals surface area contributed by atoms with E-state index in [-0.39, 0.29) is 6.61 Å². The highest BCUT2D eigenvalue weighted by Gasteiger charge is 2.14. The third-order valence-corrected chi connectivity index (χ3v) is 5.06. The van der Waals surface area contributed by atoms with Crippen molar-refractivity contribution in [1.29, 1.82) is 0 Å². The van der Waals surface area contributed by atoms with Crippen LogP contribution in [0.5, 0.6) is 0 Å². The van der Waals surface area contributed by atoms with E-state index in [9.17, 15) is 8.42 Å². The maximum atomic E-state index is 11.7. The third kappa shape index (κ3) is 4.21. The van der Waals surface area contributed by atoms with E-state index in [2.05, 4.69) is 4.72 Å². The Morgan fingerprint density at radius 1 is 1.31 bits per heavy atom. The van der Waals surface area contributed by atoms with Crippen LogP contribution in [-0.4, -0.2) is 26.7 Å². The number of aliphatic hydroxyl groups excluding tert-OH is 1. The van der Waals surface area contributed by atoms with Gasteiger partial charge in [0.25, 0.3) is 0 Å². The van der Waals surface area contributed by atoms with Crippen molar-refractivity contribution in [2.24, 2.45) is 0 Å². The molecular weight excluding hydrogens is 246 g/mol. The minimum Gasteiger partial charge on any atom is -0.396 e. The number of aryl methyl sites for hydroxylation is 1. The molecule has 0 radical (unpaired) electrons. The van der Waals surface area contributed by atoms with E-state index in [1.807, 2.05) is 6.92 Å². The van der Waals surface area contributed by atoms with Crippen molar-refractivity contribution >= 4 is 21.4 Å². The lowest BCUT2D eigenvalue weighted by molar-refractivity contribution is 0.283. The van der Waals surface area contributed by atoms with E-state index in [1.54, 1.807) is 12.1 Å². The van der Waals surface area contributed by atoms with Gasteiger partial charge in [-0.3, -0.25) is 0 Å². The van der Waals surface area contributed by atoms with Gasteiger partial charge in [-0.05, 0) is 38.3 Å². The van der Waals surface area contributed by atoms with Gasteiger partial charge in [-0.2, -0.15) is 0 Å². The summed E-state index contributed by atoms with van der Waals surface area (Å²) in [5.41, 5.74) is 0. The molecule has 2 N–H and O–H groups in total. The zero-order valence-corrected chi connectivity index (χ0v) is 10.9. The molecule has 0 aliphatic carbocycles. The molecule has 6 heteroatoms. The zero-order valence-electron chi connectivity index (χ0n) is 9.27. The Labute approximate surface area is 100 Å². The number of aliphatic hydroxyl groups is 1. The molecule has 0 aromatic carbocycles. The third-order valence-electron chi connectivity index (χ3n) is 2.11. The first-order valence-electron chi connectivity index (χ1n) is 5.23. The number of hydrogen-bond donors (Lipinski definition) is 2. The summed E-state index contributed by atoms with van der Waals surface area (Å²) >= 11 is 1.27. The minimum absolute atomic E-state index is 0.164. The highest BCUT2D eigenvalue weighted by Crippen LogP contribution is 2.20. The summed E-state index contributed by atoms with van der Waals surface area (Å²) < 4.78 is 26.4. The van der Waals surface area contributed by atoms with Crippen molar-refractivity contribution in [2.75, 3.05) is 13.2 Å². The molecule has 0 unspecified atom stereocenters. The van der Waals surface area contributed by atoms with Crippen LogP contribution >= 0.6 is 11.3 Å². The average molecular weight is 263 g/mol. The number of nitrogens with one attached hydrogen (secondary N) is 1. The van der Waals surface area contributed by atoms with Crippen molar-refractivity contribution in [2.45, 2.75) is 30.4 Å². The molecule has 1 aromatic rings. The van der Waals surface area contributed by atoms with Gasteiger partial charge in [-0.25, -0.2) is 13.1 Å². The molecule has 0 fully saturated rings. The summed E-state index contributed by atoms with van der Waals surface area (Å²) in [5.74, 6) is 0. The van der Waals surface area contributed by atoms with E-state index < -0.39 is 10.0 Å². The second-order valence-electron chi connectivity index (χ2n) is 3.55.